The molecule has 4 nitrogen and oxygen atoms in total. The summed E-state index contributed by atoms with van der Waals surface area (Å²) in [5.41, 5.74) is 2.14. The van der Waals surface area contributed by atoms with Crippen LogP contribution < -0.4 is 10.6 Å². The van der Waals surface area contributed by atoms with E-state index >= 15 is 0 Å². The molecule has 2 atom stereocenters. The summed E-state index contributed by atoms with van der Waals surface area (Å²) in [6.45, 7) is 10.5. The number of amides is 1. The van der Waals surface area contributed by atoms with Crippen molar-refractivity contribution in [2.45, 2.75) is 46.2 Å². The Morgan fingerprint density at radius 2 is 2.09 bits per heavy atom. The minimum absolute atomic E-state index is 0. The molecule has 0 spiro atoms. The SMILES string of the molecule is CCN(CC)Cc1cccc(NC(=O)C2CC(C)CCN2)c1.Cl. The Morgan fingerprint density at radius 3 is 2.74 bits per heavy atom. The zero-order chi connectivity index (χ0) is 15.9. The van der Waals surface area contributed by atoms with E-state index in [-0.39, 0.29) is 24.4 Å². The average Bonchev–Trinajstić information content (AvgIpc) is 2.53. The number of nitrogens with zero attached hydrogens (tertiary/aromatic N) is 1. The Morgan fingerprint density at radius 1 is 1.35 bits per heavy atom. The number of piperidine rings is 1. The van der Waals surface area contributed by atoms with Gasteiger partial charge in [-0.3, -0.25) is 9.69 Å². The maximum atomic E-state index is 12.4. The lowest BCUT2D eigenvalue weighted by atomic mass is 9.94. The summed E-state index contributed by atoms with van der Waals surface area (Å²) in [5, 5.41) is 6.38. The Bertz CT molecular complexity index is 491. The Labute approximate surface area is 146 Å². The maximum absolute atomic E-state index is 12.4. The van der Waals surface area contributed by atoms with Gasteiger partial charge in [-0.15, -0.1) is 12.4 Å². The predicted octanol–water partition coefficient (Wildman–Crippen LogP) is 3.28. The molecule has 1 aliphatic heterocycles. The molecule has 1 aliphatic rings. The largest absolute Gasteiger partial charge is 0.325 e. The molecule has 2 rings (SSSR count). The molecule has 1 aromatic carbocycles. The van der Waals surface area contributed by atoms with Gasteiger partial charge in [-0.1, -0.05) is 32.9 Å². The van der Waals surface area contributed by atoms with Crippen molar-refractivity contribution < 1.29 is 4.79 Å². The van der Waals surface area contributed by atoms with Crippen LogP contribution in [0.5, 0.6) is 0 Å². The van der Waals surface area contributed by atoms with E-state index in [1.807, 2.05) is 12.1 Å². The number of benzene rings is 1. The van der Waals surface area contributed by atoms with Gasteiger partial charge < -0.3 is 10.6 Å². The van der Waals surface area contributed by atoms with E-state index in [0.29, 0.717) is 5.92 Å². The number of anilines is 1. The normalized spacial score (nSPS) is 20.9. The summed E-state index contributed by atoms with van der Waals surface area (Å²) in [4.78, 5) is 14.7. The van der Waals surface area contributed by atoms with Gasteiger partial charge in [-0.05, 0) is 56.1 Å². The highest BCUT2D eigenvalue weighted by atomic mass is 35.5. The molecule has 1 fully saturated rings. The van der Waals surface area contributed by atoms with Crippen molar-refractivity contribution in [3.05, 3.63) is 29.8 Å². The zero-order valence-electron chi connectivity index (χ0n) is 14.5. The quantitative estimate of drug-likeness (QED) is 0.836. The lowest BCUT2D eigenvalue weighted by Crippen LogP contribution is -2.45. The van der Waals surface area contributed by atoms with Crippen LogP contribution in [0.25, 0.3) is 0 Å². The highest BCUT2D eigenvalue weighted by Crippen LogP contribution is 2.18. The fourth-order valence-corrected chi connectivity index (χ4v) is 2.99. The van der Waals surface area contributed by atoms with Crippen LogP contribution in [0.1, 0.15) is 39.2 Å². The summed E-state index contributed by atoms with van der Waals surface area (Å²) >= 11 is 0. The number of hydrogen-bond donors (Lipinski definition) is 2. The van der Waals surface area contributed by atoms with Crippen LogP contribution in [0, 0.1) is 5.92 Å². The fourth-order valence-electron chi connectivity index (χ4n) is 2.99. The summed E-state index contributed by atoms with van der Waals surface area (Å²) in [6.07, 6.45) is 2.08. The molecule has 5 heteroatoms. The summed E-state index contributed by atoms with van der Waals surface area (Å²) in [5.74, 6) is 0.706. The third-order valence-electron chi connectivity index (χ3n) is 4.48. The first kappa shape index (κ1) is 19.9. The van der Waals surface area contributed by atoms with Crippen LogP contribution >= 0.6 is 12.4 Å². The molecular weight excluding hydrogens is 310 g/mol. The van der Waals surface area contributed by atoms with Gasteiger partial charge in [0.2, 0.25) is 5.91 Å². The van der Waals surface area contributed by atoms with E-state index < -0.39 is 0 Å². The molecule has 0 aromatic heterocycles. The van der Waals surface area contributed by atoms with Crippen molar-refractivity contribution in [2.75, 3.05) is 25.0 Å². The molecule has 130 valence electrons. The van der Waals surface area contributed by atoms with Gasteiger partial charge in [0.15, 0.2) is 0 Å². The van der Waals surface area contributed by atoms with Gasteiger partial charge in [0.1, 0.15) is 0 Å². The monoisotopic (exact) mass is 339 g/mol. The first-order chi connectivity index (χ1) is 10.6. The topological polar surface area (TPSA) is 44.4 Å². The van der Waals surface area contributed by atoms with E-state index in [2.05, 4.69) is 48.4 Å². The molecule has 2 N–H and O–H groups in total. The smallest absolute Gasteiger partial charge is 0.241 e. The standard InChI is InChI=1S/C18H29N3O.ClH/c1-4-21(5-2)13-15-7-6-8-16(12-15)20-18(22)17-11-14(3)9-10-19-17;/h6-8,12,14,17,19H,4-5,9-11,13H2,1-3H3,(H,20,22);1H. The Balaban J connectivity index is 0.00000264. The minimum atomic E-state index is -0.0600. The average molecular weight is 340 g/mol. The van der Waals surface area contributed by atoms with Crippen molar-refractivity contribution in [3.63, 3.8) is 0 Å². The second-order valence-electron chi connectivity index (χ2n) is 6.29. The van der Waals surface area contributed by atoms with Crippen molar-refractivity contribution in [1.29, 1.82) is 0 Å². The van der Waals surface area contributed by atoms with E-state index in [9.17, 15) is 4.79 Å². The van der Waals surface area contributed by atoms with Crippen molar-refractivity contribution in [2.24, 2.45) is 5.92 Å². The van der Waals surface area contributed by atoms with E-state index in [1.54, 1.807) is 0 Å². The Kier molecular flexibility index (Phi) is 8.59. The third-order valence-corrected chi connectivity index (χ3v) is 4.48. The second-order valence-corrected chi connectivity index (χ2v) is 6.29. The van der Waals surface area contributed by atoms with Gasteiger partial charge in [0, 0.05) is 12.2 Å². The molecule has 23 heavy (non-hydrogen) atoms. The van der Waals surface area contributed by atoms with Gasteiger partial charge in [-0.25, -0.2) is 0 Å². The lowest BCUT2D eigenvalue weighted by molar-refractivity contribution is -0.119. The number of rotatable bonds is 6. The van der Waals surface area contributed by atoms with Crippen LogP contribution in [0.15, 0.2) is 24.3 Å². The molecule has 0 aliphatic carbocycles. The summed E-state index contributed by atoms with van der Waals surface area (Å²) in [7, 11) is 0. The van der Waals surface area contributed by atoms with E-state index in [0.717, 1.165) is 44.7 Å². The molecule has 0 bridgehead atoms. The molecule has 1 aromatic rings. The number of nitrogens with one attached hydrogen (secondary N) is 2. The molecular formula is C18H30ClN3O. The lowest BCUT2D eigenvalue weighted by Gasteiger charge is -2.27. The molecule has 2 unspecified atom stereocenters. The third kappa shape index (κ3) is 6.13. The highest BCUT2D eigenvalue weighted by Gasteiger charge is 2.24. The zero-order valence-corrected chi connectivity index (χ0v) is 15.3. The van der Waals surface area contributed by atoms with Crippen LogP contribution in [-0.4, -0.2) is 36.5 Å². The number of halogens is 1. The molecule has 0 saturated carbocycles. The van der Waals surface area contributed by atoms with Gasteiger partial charge in [-0.2, -0.15) is 0 Å². The molecule has 0 radical (unpaired) electrons. The van der Waals surface area contributed by atoms with Gasteiger partial charge in [0.05, 0.1) is 6.04 Å². The number of carbonyl (C=O) groups is 1. The minimum Gasteiger partial charge on any atom is -0.325 e. The summed E-state index contributed by atoms with van der Waals surface area (Å²) < 4.78 is 0. The van der Waals surface area contributed by atoms with E-state index in [4.69, 9.17) is 0 Å². The van der Waals surface area contributed by atoms with Crippen LogP contribution in [0.4, 0.5) is 5.69 Å². The molecule has 1 heterocycles. The number of hydrogen-bond acceptors (Lipinski definition) is 3. The van der Waals surface area contributed by atoms with Crippen molar-refractivity contribution in [1.82, 2.24) is 10.2 Å². The predicted molar refractivity (Wildman–Crippen MR) is 99.1 cm³/mol. The highest BCUT2D eigenvalue weighted by molar-refractivity contribution is 5.94. The van der Waals surface area contributed by atoms with Gasteiger partial charge in [0.25, 0.3) is 0 Å². The molecule has 1 saturated heterocycles. The number of carbonyl (C=O) groups excluding carboxylic acids is 1. The second kappa shape index (κ2) is 9.91. The fraction of sp³-hybridized carbons (Fsp3) is 0.611. The molecule has 1 amide bonds. The van der Waals surface area contributed by atoms with Crippen LogP contribution in [0.2, 0.25) is 0 Å². The maximum Gasteiger partial charge on any atom is 0.241 e. The van der Waals surface area contributed by atoms with Crippen LogP contribution in [0.3, 0.4) is 0 Å². The van der Waals surface area contributed by atoms with Crippen molar-refractivity contribution >= 4 is 24.0 Å². The first-order valence-electron chi connectivity index (χ1n) is 8.47. The van der Waals surface area contributed by atoms with Crippen molar-refractivity contribution in [3.8, 4) is 0 Å². The van der Waals surface area contributed by atoms with E-state index in [1.165, 1.54) is 5.56 Å². The summed E-state index contributed by atoms with van der Waals surface area (Å²) in [6, 6.07) is 8.13. The Hall–Kier alpha value is -1.10. The van der Waals surface area contributed by atoms with Gasteiger partial charge >= 0.3 is 0 Å². The first-order valence-corrected chi connectivity index (χ1v) is 8.47. The van der Waals surface area contributed by atoms with Crippen LogP contribution in [-0.2, 0) is 11.3 Å².